The van der Waals surface area contributed by atoms with Crippen LogP contribution in [0.25, 0.3) is 16.3 Å². The van der Waals surface area contributed by atoms with Crippen molar-refractivity contribution in [3.05, 3.63) is 67.9 Å². The number of carbonyl (C=O) groups excluding carboxylic acids is 1. The Kier molecular flexibility index (Phi) is 5.85. The van der Waals surface area contributed by atoms with E-state index in [2.05, 4.69) is 10.9 Å². The molecule has 7 heteroatoms. The molecule has 130 valence electrons. The average Bonchev–Trinajstić information content (AvgIpc) is 2.92. The Bertz CT molecular complexity index is 1140. The summed E-state index contributed by atoms with van der Waals surface area (Å²) < 4.78 is 2.53. The molecule has 0 saturated heterocycles. The lowest BCUT2D eigenvalue weighted by Gasteiger charge is -2.02. The van der Waals surface area contributed by atoms with Crippen molar-refractivity contribution in [2.75, 3.05) is 0 Å². The number of hydrogen-bond acceptors (Lipinski definition) is 2. The number of halogens is 3. The van der Waals surface area contributed by atoms with Gasteiger partial charge in [0.25, 0.3) is 5.91 Å². The van der Waals surface area contributed by atoms with E-state index in [-0.39, 0.29) is 6.54 Å². The molecule has 0 unspecified atom stereocenters. The Labute approximate surface area is 169 Å². The highest BCUT2D eigenvalue weighted by atomic mass is 35.5. The molecule has 26 heavy (non-hydrogen) atoms. The maximum absolute atomic E-state index is 12.3. The van der Waals surface area contributed by atoms with Crippen molar-refractivity contribution in [2.45, 2.75) is 6.54 Å². The first-order chi connectivity index (χ1) is 12.5. The summed E-state index contributed by atoms with van der Waals surface area (Å²) >= 11 is 19.7. The normalized spacial score (nSPS) is 12.0. The van der Waals surface area contributed by atoms with Gasteiger partial charge in [0.2, 0.25) is 0 Å². The van der Waals surface area contributed by atoms with Crippen LogP contribution in [0.3, 0.4) is 0 Å². The monoisotopic (exact) mass is 420 g/mol. The third kappa shape index (κ3) is 4.03. The van der Waals surface area contributed by atoms with Crippen LogP contribution in [-0.4, -0.2) is 10.5 Å². The topological polar surface area (TPSA) is 34.4 Å². The molecule has 3 nitrogen and oxygen atoms in total. The van der Waals surface area contributed by atoms with Gasteiger partial charge in [0.1, 0.15) is 0 Å². The number of fused-ring (bicyclic) bond motifs is 1. The van der Waals surface area contributed by atoms with Crippen molar-refractivity contribution in [1.29, 1.82) is 0 Å². The second kappa shape index (κ2) is 8.11. The second-order valence-corrected chi connectivity index (χ2v) is 7.47. The van der Waals surface area contributed by atoms with Gasteiger partial charge in [0.05, 0.1) is 21.8 Å². The van der Waals surface area contributed by atoms with Gasteiger partial charge in [-0.2, -0.15) is 4.99 Å². The first-order valence-electron chi connectivity index (χ1n) is 7.42. The third-order valence-corrected chi connectivity index (χ3v) is 5.34. The molecule has 0 N–H and O–H groups in total. The van der Waals surface area contributed by atoms with Crippen LogP contribution in [0.1, 0.15) is 5.56 Å². The first kappa shape index (κ1) is 18.8. The van der Waals surface area contributed by atoms with Crippen molar-refractivity contribution in [1.82, 2.24) is 4.57 Å². The fourth-order valence-corrected chi connectivity index (χ4v) is 4.37. The van der Waals surface area contributed by atoms with Crippen LogP contribution in [0.4, 0.5) is 0 Å². The zero-order valence-corrected chi connectivity index (χ0v) is 16.3. The van der Waals surface area contributed by atoms with Crippen molar-refractivity contribution < 1.29 is 4.79 Å². The van der Waals surface area contributed by atoms with Crippen LogP contribution in [0, 0.1) is 12.3 Å². The SMILES string of the molecule is C#CCn1c(=NC(=O)/C=C/c2ccccc2Cl)sc2cc(Cl)cc(Cl)c21. The average molecular weight is 422 g/mol. The van der Waals surface area contributed by atoms with Gasteiger partial charge in [-0.15, -0.1) is 6.42 Å². The summed E-state index contributed by atoms with van der Waals surface area (Å²) in [4.78, 5) is 16.9. The van der Waals surface area contributed by atoms with Crippen molar-refractivity contribution in [3.63, 3.8) is 0 Å². The fourth-order valence-electron chi connectivity index (χ4n) is 2.36. The molecule has 3 aromatic rings. The molecule has 0 fully saturated rings. The molecule has 0 aliphatic heterocycles. The van der Waals surface area contributed by atoms with Gasteiger partial charge in [0, 0.05) is 16.1 Å². The number of terminal acetylenes is 1. The molecule has 1 amide bonds. The molecule has 0 aliphatic carbocycles. The molecular formula is C19H11Cl3N2OS. The number of benzene rings is 2. The molecule has 0 atom stereocenters. The van der Waals surface area contributed by atoms with Gasteiger partial charge in [-0.1, -0.05) is 70.3 Å². The van der Waals surface area contributed by atoms with Crippen LogP contribution in [0.5, 0.6) is 0 Å². The van der Waals surface area contributed by atoms with Crippen LogP contribution in [-0.2, 0) is 11.3 Å². The van der Waals surface area contributed by atoms with Crippen LogP contribution in [0.15, 0.2) is 47.5 Å². The summed E-state index contributed by atoms with van der Waals surface area (Å²) in [5.41, 5.74) is 1.45. The predicted octanol–water partition coefficient (Wildman–Crippen LogP) is 5.44. The van der Waals surface area contributed by atoms with Gasteiger partial charge < -0.3 is 4.57 Å². The predicted molar refractivity (Wildman–Crippen MR) is 110 cm³/mol. The van der Waals surface area contributed by atoms with Crippen LogP contribution >= 0.6 is 46.1 Å². The number of amides is 1. The molecule has 0 radical (unpaired) electrons. The lowest BCUT2D eigenvalue weighted by atomic mass is 10.2. The first-order valence-corrected chi connectivity index (χ1v) is 9.38. The number of rotatable bonds is 3. The molecule has 1 aromatic heterocycles. The van der Waals surface area contributed by atoms with Gasteiger partial charge in [-0.25, -0.2) is 0 Å². The van der Waals surface area contributed by atoms with Gasteiger partial charge >= 0.3 is 0 Å². The zero-order chi connectivity index (χ0) is 18.7. The number of carbonyl (C=O) groups is 1. The highest BCUT2D eigenvalue weighted by Gasteiger charge is 2.11. The molecule has 2 aromatic carbocycles. The van der Waals surface area contributed by atoms with Crippen LogP contribution < -0.4 is 4.80 Å². The maximum Gasteiger partial charge on any atom is 0.272 e. The minimum Gasteiger partial charge on any atom is -0.303 e. The largest absolute Gasteiger partial charge is 0.303 e. The Morgan fingerprint density at radius 3 is 2.73 bits per heavy atom. The molecule has 1 heterocycles. The van der Waals surface area contributed by atoms with E-state index in [4.69, 9.17) is 41.2 Å². The summed E-state index contributed by atoms with van der Waals surface area (Å²) in [5, 5.41) is 1.52. The fraction of sp³-hybridized carbons (Fsp3) is 0.0526. The Hall–Kier alpha value is -2.03. The van der Waals surface area contributed by atoms with E-state index in [1.54, 1.807) is 28.8 Å². The highest BCUT2D eigenvalue weighted by Crippen LogP contribution is 2.29. The summed E-state index contributed by atoms with van der Waals surface area (Å²) in [6.45, 7) is 0.238. The molecule has 0 aliphatic rings. The highest BCUT2D eigenvalue weighted by molar-refractivity contribution is 7.16. The maximum atomic E-state index is 12.3. The molecule has 3 rings (SSSR count). The van der Waals surface area contributed by atoms with Crippen LogP contribution in [0.2, 0.25) is 15.1 Å². The smallest absolute Gasteiger partial charge is 0.272 e. The second-order valence-electron chi connectivity index (χ2n) is 5.21. The molecule has 0 bridgehead atoms. The summed E-state index contributed by atoms with van der Waals surface area (Å²) in [5.74, 6) is 2.13. The number of thiazole rings is 1. The van der Waals surface area contributed by atoms with E-state index >= 15 is 0 Å². The van der Waals surface area contributed by atoms with Gasteiger partial charge in [-0.3, -0.25) is 4.79 Å². The van der Waals surface area contributed by atoms with E-state index in [0.717, 1.165) is 10.3 Å². The number of nitrogens with zero attached hydrogens (tertiary/aromatic N) is 2. The zero-order valence-electron chi connectivity index (χ0n) is 13.2. The van der Waals surface area contributed by atoms with Gasteiger partial charge in [0.15, 0.2) is 4.80 Å². The number of aromatic nitrogens is 1. The third-order valence-electron chi connectivity index (χ3n) is 3.46. The Morgan fingerprint density at radius 1 is 1.23 bits per heavy atom. The summed E-state index contributed by atoms with van der Waals surface area (Å²) in [6, 6.07) is 10.6. The van der Waals surface area contributed by atoms with E-state index in [1.165, 1.54) is 17.4 Å². The molecule has 0 spiro atoms. The lowest BCUT2D eigenvalue weighted by Crippen LogP contribution is -2.16. The minimum absolute atomic E-state index is 0.238. The Balaban J connectivity index is 2.05. The summed E-state index contributed by atoms with van der Waals surface area (Å²) in [7, 11) is 0. The van der Waals surface area contributed by atoms with E-state index < -0.39 is 5.91 Å². The molecular weight excluding hydrogens is 411 g/mol. The van der Waals surface area contributed by atoms with E-state index in [9.17, 15) is 4.79 Å². The summed E-state index contributed by atoms with van der Waals surface area (Å²) in [6.07, 6.45) is 8.43. The van der Waals surface area contributed by atoms with Crippen molar-refractivity contribution in [3.8, 4) is 12.3 Å². The van der Waals surface area contributed by atoms with Gasteiger partial charge in [-0.05, 0) is 29.8 Å². The molecule has 0 saturated carbocycles. The van der Waals surface area contributed by atoms with Crippen molar-refractivity contribution >= 4 is 68.3 Å². The lowest BCUT2D eigenvalue weighted by molar-refractivity contribution is -0.113. The Morgan fingerprint density at radius 2 is 2.00 bits per heavy atom. The quantitative estimate of drug-likeness (QED) is 0.410. The number of hydrogen-bond donors (Lipinski definition) is 0. The van der Waals surface area contributed by atoms with Crippen molar-refractivity contribution in [2.24, 2.45) is 4.99 Å². The minimum atomic E-state index is -0.426. The van der Waals surface area contributed by atoms with E-state index in [1.807, 2.05) is 18.2 Å². The van der Waals surface area contributed by atoms with E-state index in [0.29, 0.717) is 25.4 Å². The standard InChI is InChI=1S/C19H11Cl3N2OS/c1-2-9-24-18-15(22)10-13(20)11-16(18)26-19(24)23-17(25)8-7-12-5-3-4-6-14(12)21/h1,3-8,10-11H,9H2/b8-7+,23-19?.